The Labute approximate surface area is 182 Å². The van der Waals surface area contributed by atoms with Gasteiger partial charge in [0, 0.05) is 37.3 Å². The molecule has 1 atom stereocenters. The summed E-state index contributed by atoms with van der Waals surface area (Å²) in [5.41, 5.74) is 9.21. The lowest BCUT2D eigenvalue weighted by Crippen LogP contribution is -2.29. The molecule has 2 aromatic carbocycles. The van der Waals surface area contributed by atoms with E-state index in [-0.39, 0.29) is 18.2 Å². The molecule has 0 unspecified atom stereocenters. The molecule has 162 valence electrons. The number of nitrogens with one attached hydrogen (secondary N) is 1. The molecule has 2 saturated heterocycles. The fraction of sp³-hybridized carbons (Fsp3) is 0.375. The SMILES string of the molecule is CCc1ccccc1N1C[C@H](C(=O)Nc2cc(C(N)=O)ccc2N2CCCC2)CC1=O. The fourth-order valence-corrected chi connectivity index (χ4v) is 4.45. The van der Waals surface area contributed by atoms with Crippen molar-refractivity contribution in [2.24, 2.45) is 11.7 Å². The molecule has 3 amide bonds. The topological polar surface area (TPSA) is 95.7 Å². The number of hydrogen-bond acceptors (Lipinski definition) is 4. The van der Waals surface area contributed by atoms with Crippen LogP contribution in [-0.4, -0.2) is 37.4 Å². The van der Waals surface area contributed by atoms with Crippen LogP contribution in [0.3, 0.4) is 0 Å². The summed E-state index contributed by atoms with van der Waals surface area (Å²) in [5, 5.41) is 2.98. The molecule has 0 aromatic heterocycles. The summed E-state index contributed by atoms with van der Waals surface area (Å²) in [5.74, 6) is -1.26. The van der Waals surface area contributed by atoms with Gasteiger partial charge >= 0.3 is 0 Å². The number of carbonyl (C=O) groups is 3. The van der Waals surface area contributed by atoms with Gasteiger partial charge in [0.2, 0.25) is 17.7 Å². The first-order valence-corrected chi connectivity index (χ1v) is 10.9. The Morgan fingerprint density at radius 3 is 2.55 bits per heavy atom. The van der Waals surface area contributed by atoms with Crippen LogP contribution in [0.1, 0.15) is 42.1 Å². The maximum absolute atomic E-state index is 13.1. The van der Waals surface area contributed by atoms with Crippen LogP contribution in [-0.2, 0) is 16.0 Å². The average molecular weight is 421 g/mol. The monoisotopic (exact) mass is 420 g/mol. The largest absolute Gasteiger partial charge is 0.370 e. The van der Waals surface area contributed by atoms with E-state index in [2.05, 4.69) is 17.1 Å². The van der Waals surface area contributed by atoms with E-state index < -0.39 is 11.8 Å². The van der Waals surface area contributed by atoms with E-state index in [1.165, 1.54) is 0 Å². The van der Waals surface area contributed by atoms with Gasteiger partial charge in [0.05, 0.1) is 17.3 Å². The number of primary amides is 1. The minimum atomic E-state index is -0.540. The van der Waals surface area contributed by atoms with Crippen LogP contribution in [0.25, 0.3) is 0 Å². The van der Waals surface area contributed by atoms with Crippen LogP contribution in [0.4, 0.5) is 17.1 Å². The van der Waals surface area contributed by atoms with Gasteiger partial charge in [-0.1, -0.05) is 25.1 Å². The Bertz CT molecular complexity index is 1010. The van der Waals surface area contributed by atoms with E-state index in [4.69, 9.17) is 5.73 Å². The standard InChI is InChI=1S/C24H28N4O3/c1-2-16-7-3-4-8-20(16)28-15-18(14-22(28)29)24(31)26-19-13-17(23(25)30)9-10-21(19)27-11-5-6-12-27/h3-4,7-10,13,18H,2,5-6,11-12,14-15H2,1H3,(H2,25,30)(H,26,31)/t18-/m1/s1. The van der Waals surface area contributed by atoms with Gasteiger partial charge in [-0.2, -0.15) is 0 Å². The third kappa shape index (κ3) is 4.26. The van der Waals surface area contributed by atoms with Gasteiger partial charge in [0.25, 0.3) is 0 Å². The van der Waals surface area contributed by atoms with E-state index >= 15 is 0 Å². The van der Waals surface area contributed by atoms with Crippen LogP contribution in [0.5, 0.6) is 0 Å². The highest BCUT2D eigenvalue weighted by atomic mass is 16.2. The van der Waals surface area contributed by atoms with Crippen molar-refractivity contribution in [3.63, 3.8) is 0 Å². The van der Waals surface area contributed by atoms with Gasteiger partial charge in [0.1, 0.15) is 0 Å². The van der Waals surface area contributed by atoms with Crippen molar-refractivity contribution in [1.82, 2.24) is 0 Å². The highest BCUT2D eigenvalue weighted by molar-refractivity contribution is 6.05. The van der Waals surface area contributed by atoms with Gasteiger partial charge in [-0.15, -0.1) is 0 Å². The Balaban J connectivity index is 1.55. The molecule has 2 aliphatic rings. The third-order valence-corrected chi connectivity index (χ3v) is 6.14. The highest BCUT2D eigenvalue weighted by Crippen LogP contribution is 2.33. The summed E-state index contributed by atoms with van der Waals surface area (Å²) in [4.78, 5) is 41.4. The van der Waals surface area contributed by atoms with E-state index in [1.54, 1.807) is 17.0 Å². The lowest BCUT2D eigenvalue weighted by molar-refractivity contribution is -0.122. The number of anilines is 3. The quantitative estimate of drug-likeness (QED) is 0.751. The number of para-hydroxylation sites is 1. The minimum absolute atomic E-state index is 0.0493. The highest BCUT2D eigenvalue weighted by Gasteiger charge is 2.36. The van der Waals surface area contributed by atoms with Gasteiger partial charge in [-0.05, 0) is 49.1 Å². The summed E-state index contributed by atoms with van der Waals surface area (Å²) in [6.07, 6.45) is 3.16. The van der Waals surface area contributed by atoms with Crippen molar-refractivity contribution in [3.05, 3.63) is 53.6 Å². The van der Waals surface area contributed by atoms with Crippen LogP contribution in [0, 0.1) is 5.92 Å². The van der Waals surface area contributed by atoms with Crippen molar-refractivity contribution in [3.8, 4) is 0 Å². The molecule has 0 aliphatic carbocycles. The molecular formula is C24H28N4O3. The zero-order valence-corrected chi connectivity index (χ0v) is 17.8. The summed E-state index contributed by atoms with van der Waals surface area (Å²) >= 11 is 0. The smallest absolute Gasteiger partial charge is 0.248 e. The number of amides is 3. The van der Waals surface area contributed by atoms with Crippen molar-refractivity contribution in [2.75, 3.05) is 34.8 Å². The summed E-state index contributed by atoms with van der Waals surface area (Å²) < 4.78 is 0. The van der Waals surface area contributed by atoms with Crippen molar-refractivity contribution >= 4 is 34.8 Å². The Hall–Kier alpha value is -3.35. The summed E-state index contributed by atoms with van der Waals surface area (Å²) in [7, 11) is 0. The fourth-order valence-electron chi connectivity index (χ4n) is 4.45. The van der Waals surface area contributed by atoms with Crippen LogP contribution < -0.4 is 20.9 Å². The predicted molar refractivity (Wildman–Crippen MR) is 121 cm³/mol. The summed E-state index contributed by atoms with van der Waals surface area (Å²) in [6.45, 7) is 4.20. The normalized spacial score (nSPS) is 18.5. The summed E-state index contributed by atoms with van der Waals surface area (Å²) in [6, 6.07) is 13.0. The second-order valence-corrected chi connectivity index (χ2v) is 8.17. The third-order valence-electron chi connectivity index (χ3n) is 6.14. The Morgan fingerprint density at radius 2 is 1.84 bits per heavy atom. The number of aryl methyl sites for hydroxylation is 1. The van der Waals surface area contributed by atoms with E-state index in [1.807, 2.05) is 30.3 Å². The number of rotatable bonds is 6. The molecule has 3 N–H and O–H groups in total. The molecule has 2 aliphatic heterocycles. The molecule has 0 saturated carbocycles. The van der Waals surface area contributed by atoms with Crippen LogP contribution in [0.2, 0.25) is 0 Å². The van der Waals surface area contributed by atoms with Crippen LogP contribution >= 0.6 is 0 Å². The second kappa shape index (κ2) is 8.79. The maximum atomic E-state index is 13.1. The van der Waals surface area contributed by atoms with E-state index in [0.717, 1.165) is 49.3 Å². The Kier molecular flexibility index (Phi) is 5.93. The number of benzene rings is 2. The molecule has 31 heavy (non-hydrogen) atoms. The molecular weight excluding hydrogens is 392 g/mol. The van der Waals surface area contributed by atoms with Gasteiger partial charge in [0.15, 0.2) is 0 Å². The zero-order chi connectivity index (χ0) is 22.0. The molecule has 2 aromatic rings. The molecule has 2 heterocycles. The average Bonchev–Trinajstić information content (AvgIpc) is 3.43. The van der Waals surface area contributed by atoms with Crippen molar-refractivity contribution < 1.29 is 14.4 Å². The number of nitrogens with zero attached hydrogens (tertiary/aromatic N) is 2. The molecule has 0 spiro atoms. The zero-order valence-electron chi connectivity index (χ0n) is 17.8. The van der Waals surface area contributed by atoms with Crippen LogP contribution in [0.15, 0.2) is 42.5 Å². The van der Waals surface area contributed by atoms with Gasteiger partial charge < -0.3 is 20.9 Å². The minimum Gasteiger partial charge on any atom is -0.370 e. The molecule has 0 bridgehead atoms. The first-order chi connectivity index (χ1) is 15.0. The van der Waals surface area contributed by atoms with Crippen molar-refractivity contribution in [1.29, 1.82) is 0 Å². The van der Waals surface area contributed by atoms with Gasteiger partial charge in [-0.3, -0.25) is 14.4 Å². The predicted octanol–water partition coefficient (Wildman–Crippen LogP) is 2.94. The Morgan fingerprint density at radius 1 is 1.10 bits per heavy atom. The molecule has 0 radical (unpaired) electrons. The lowest BCUT2D eigenvalue weighted by Gasteiger charge is -2.23. The number of hydrogen-bond donors (Lipinski definition) is 2. The maximum Gasteiger partial charge on any atom is 0.248 e. The van der Waals surface area contributed by atoms with Crippen molar-refractivity contribution in [2.45, 2.75) is 32.6 Å². The first kappa shape index (κ1) is 20.9. The lowest BCUT2D eigenvalue weighted by atomic mass is 10.1. The van der Waals surface area contributed by atoms with E-state index in [9.17, 15) is 14.4 Å². The molecule has 7 nitrogen and oxygen atoms in total. The second-order valence-electron chi connectivity index (χ2n) is 8.17. The first-order valence-electron chi connectivity index (χ1n) is 10.9. The van der Waals surface area contributed by atoms with E-state index in [0.29, 0.717) is 17.8 Å². The molecule has 7 heteroatoms. The molecule has 4 rings (SSSR count). The van der Waals surface area contributed by atoms with Gasteiger partial charge in [-0.25, -0.2) is 0 Å². The number of carbonyl (C=O) groups excluding carboxylic acids is 3. The molecule has 2 fully saturated rings. The number of nitrogens with two attached hydrogens (primary N) is 1.